The first kappa shape index (κ1) is 7.46. The molecule has 4 nitrogen and oxygen atoms in total. The van der Waals surface area contributed by atoms with Gasteiger partial charge in [0.2, 0.25) is 0 Å². The van der Waals surface area contributed by atoms with Gasteiger partial charge in [0.05, 0.1) is 5.56 Å². The van der Waals surface area contributed by atoms with E-state index in [9.17, 15) is 9.18 Å². The zero-order chi connectivity index (χ0) is 8.43. The highest BCUT2D eigenvalue weighted by atomic mass is 19.1. The van der Waals surface area contributed by atoms with Crippen LogP contribution in [-0.2, 0) is 0 Å². The number of carbonyl (C=O) groups is 1. The average molecular weight is 157 g/mol. The number of carboxylic acids is 1. The number of pyridine rings is 1. The van der Waals surface area contributed by atoms with Gasteiger partial charge in [0, 0.05) is 12.3 Å². The number of aromatic hydroxyl groups is 1. The summed E-state index contributed by atoms with van der Waals surface area (Å²) in [5.74, 6) is -3.09. The van der Waals surface area contributed by atoms with E-state index in [0.29, 0.717) is 0 Å². The number of aromatic nitrogens is 1. The van der Waals surface area contributed by atoms with E-state index in [-0.39, 0.29) is 5.56 Å². The third-order valence-electron chi connectivity index (χ3n) is 1.07. The van der Waals surface area contributed by atoms with Crippen molar-refractivity contribution in [3.05, 3.63) is 23.8 Å². The van der Waals surface area contributed by atoms with Crippen molar-refractivity contribution in [2.24, 2.45) is 0 Å². The quantitative estimate of drug-likeness (QED) is 0.586. The first-order valence-corrected chi connectivity index (χ1v) is 2.69. The molecule has 0 aliphatic carbocycles. The number of carboxylic acid groups (broad SMARTS) is 1. The first-order valence-electron chi connectivity index (χ1n) is 2.69. The van der Waals surface area contributed by atoms with Crippen LogP contribution in [0.2, 0.25) is 0 Å². The van der Waals surface area contributed by atoms with Crippen molar-refractivity contribution in [1.82, 2.24) is 4.98 Å². The van der Waals surface area contributed by atoms with Crippen molar-refractivity contribution < 1.29 is 19.4 Å². The number of hydrogen-bond donors (Lipinski definition) is 2. The molecule has 58 valence electrons. The highest BCUT2D eigenvalue weighted by Crippen LogP contribution is 2.13. The lowest BCUT2D eigenvalue weighted by Gasteiger charge is -1.94. The average Bonchev–Trinajstić information content (AvgIpc) is 1.94. The summed E-state index contributed by atoms with van der Waals surface area (Å²) >= 11 is 0. The van der Waals surface area contributed by atoms with Crippen LogP contribution >= 0.6 is 0 Å². The van der Waals surface area contributed by atoms with E-state index >= 15 is 0 Å². The molecule has 0 aromatic carbocycles. The van der Waals surface area contributed by atoms with Crippen LogP contribution in [0, 0.1) is 5.95 Å². The van der Waals surface area contributed by atoms with Gasteiger partial charge >= 0.3 is 5.97 Å². The van der Waals surface area contributed by atoms with Gasteiger partial charge in [-0.05, 0) is 0 Å². The molecule has 0 aliphatic heterocycles. The van der Waals surface area contributed by atoms with E-state index < -0.39 is 17.7 Å². The summed E-state index contributed by atoms with van der Waals surface area (Å²) in [6, 6.07) is 0.796. The minimum atomic E-state index is -1.26. The molecule has 11 heavy (non-hydrogen) atoms. The maximum atomic E-state index is 12.2. The molecule has 2 N–H and O–H groups in total. The Hall–Kier alpha value is -1.65. The molecular weight excluding hydrogens is 153 g/mol. The molecule has 0 amide bonds. The summed E-state index contributed by atoms with van der Waals surface area (Å²) in [4.78, 5) is 13.2. The standard InChI is InChI=1S/C6H4FNO3/c7-5-4(9)1-3(2-8-5)6(10)11/h1-2,9H,(H,10,11). The van der Waals surface area contributed by atoms with Gasteiger partial charge in [0.25, 0.3) is 5.95 Å². The molecule has 1 rings (SSSR count). The van der Waals surface area contributed by atoms with Gasteiger partial charge in [0.1, 0.15) is 0 Å². The maximum absolute atomic E-state index is 12.2. The first-order chi connectivity index (χ1) is 5.11. The molecule has 1 aromatic heterocycles. The van der Waals surface area contributed by atoms with E-state index in [2.05, 4.69) is 4.98 Å². The molecule has 0 bridgehead atoms. The summed E-state index contributed by atoms with van der Waals surface area (Å²) in [7, 11) is 0. The lowest BCUT2D eigenvalue weighted by Crippen LogP contribution is -1.97. The largest absolute Gasteiger partial charge is 0.504 e. The van der Waals surface area contributed by atoms with Crippen molar-refractivity contribution in [3.63, 3.8) is 0 Å². The Morgan fingerprint density at radius 2 is 2.27 bits per heavy atom. The topological polar surface area (TPSA) is 70.4 Å². The number of rotatable bonds is 1. The lowest BCUT2D eigenvalue weighted by molar-refractivity contribution is 0.0695. The predicted molar refractivity (Wildman–Crippen MR) is 32.8 cm³/mol. The van der Waals surface area contributed by atoms with Crippen molar-refractivity contribution in [3.8, 4) is 5.75 Å². The van der Waals surface area contributed by atoms with Crippen molar-refractivity contribution in [2.75, 3.05) is 0 Å². The van der Waals surface area contributed by atoms with Gasteiger partial charge in [-0.3, -0.25) is 0 Å². The molecule has 0 atom stereocenters. The van der Waals surface area contributed by atoms with Crippen LogP contribution in [0.1, 0.15) is 10.4 Å². The van der Waals surface area contributed by atoms with E-state index in [1.165, 1.54) is 0 Å². The van der Waals surface area contributed by atoms with Crippen LogP contribution in [0.25, 0.3) is 0 Å². The van der Waals surface area contributed by atoms with Crippen LogP contribution in [0.3, 0.4) is 0 Å². The molecule has 0 unspecified atom stereocenters. The Kier molecular flexibility index (Phi) is 1.72. The van der Waals surface area contributed by atoms with Crippen LogP contribution in [-0.4, -0.2) is 21.2 Å². The summed E-state index contributed by atoms with van der Waals surface area (Å²) < 4.78 is 12.2. The second-order valence-corrected chi connectivity index (χ2v) is 1.84. The van der Waals surface area contributed by atoms with Crippen molar-refractivity contribution in [1.29, 1.82) is 0 Å². The maximum Gasteiger partial charge on any atom is 0.337 e. The van der Waals surface area contributed by atoms with Gasteiger partial charge in [0.15, 0.2) is 5.75 Å². The zero-order valence-electron chi connectivity index (χ0n) is 5.28. The van der Waals surface area contributed by atoms with Crippen molar-refractivity contribution >= 4 is 5.97 Å². The molecule has 0 fully saturated rings. The van der Waals surface area contributed by atoms with E-state index in [1.54, 1.807) is 0 Å². The fourth-order valence-corrected chi connectivity index (χ4v) is 0.553. The number of halogens is 1. The molecule has 0 aliphatic rings. The highest BCUT2D eigenvalue weighted by Gasteiger charge is 2.07. The second-order valence-electron chi connectivity index (χ2n) is 1.84. The van der Waals surface area contributed by atoms with Gasteiger partial charge in [-0.25, -0.2) is 9.78 Å². The van der Waals surface area contributed by atoms with E-state index in [1.807, 2.05) is 0 Å². The van der Waals surface area contributed by atoms with E-state index in [0.717, 1.165) is 12.3 Å². The zero-order valence-corrected chi connectivity index (χ0v) is 5.28. The molecule has 0 saturated carbocycles. The molecule has 1 aromatic rings. The monoisotopic (exact) mass is 157 g/mol. The fourth-order valence-electron chi connectivity index (χ4n) is 0.553. The van der Waals surface area contributed by atoms with Crippen LogP contribution in [0.15, 0.2) is 12.3 Å². The predicted octanol–water partition coefficient (Wildman–Crippen LogP) is 0.624. The van der Waals surface area contributed by atoms with E-state index in [4.69, 9.17) is 10.2 Å². The Balaban J connectivity index is 3.15. The third-order valence-corrected chi connectivity index (χ3v) is 1.07. The number of nitrogens with zero attached hydrogens (tertiary/aromatic N) is 1. The second kappa shape index (κ2) is 2.53. The van der Waals surface area contributed by atoms with Gasteiger partial charge < -0.3 is 10.2 Å². The smallest absolute Gasteiger partial charge is 0.337 e. The Morgan fingerprint density at radius 1 is 1.64 bits per heavy atom. The normalized spacial score (nSPS) is 9.55. The van der Waals surface area contributed by atoms with Crippen LogP contribution in [0.4, 0.5) is 4.39 Å². The Bertz CT molecular complexity index is 300. The molecule has 0 radical (unpaired) electrons. The molecule has 5 heteroatoms. The highest BCUT2D eigenvalue weighted by molar-refractivity contribution is 5.87. The fraction of sp³-hybridized carbons (Fsp3) is 0. The summed E-state index contributed by atoms with van der Waals surface area (Å²) in [5, 5.41) is 17.0. The van der Waals surface area contributed by atoms with Gasteiger partial charge in [-0.15, -0.1) is 0 Å². The number of hydrogen-bond acceptors (Lipinski definition) is 3. The molecular formula is C6H4FNO3. The summed E-state index contributed by atoms with van der Waals surface area (Å²) in [6.45, 7) is 0. The van der Waals surface area contributed by atoms with Gasteiger partial charge in [-0.1, -0.05) is 0 Å². The Morgan fingerprint density at radius 3 is 2.73 bits per heavy atom. The Labute approximate surface area is 60.9 Å². The number of aromatic carboxylic acids is 1. The minimum absolute atomic E-state index is 0.246. The van der Waals surface area contributed by atoms with Crippen LogP contribution in [0.5, 0.6) is 5.75 Å². The summed E-state index contributed by atoms with van der Waals surface area (Å²) in [6.07, 6.45) is 0.831. The molecule has 0 spiro atoms. The molecule has 1 heterocycles. The minimum Gasteiger partial charge on any atom is -0.504 e. The SMILES string of the molecule is O=C(O)c1cnc(F)c(O)c1. The van der Waals surface area contributed by atoms with Gasteiger partial charge in [-0.2, -0.15) is 4.39 Å². The third kappa shape index (κ3) is 1.43. The van der Waals surface area contributed by atoms with Crippen LogP contribution < -0.4 is 0 Å². The molecule has 0 saturated heterocycles. The van der Waals surface area contributed by atoms with Crippen molar-refractivity contribution in [2.45, 2.75) is 0 Å². The lowest BCUT2D eigenvalue weighted by atomic mass is 10.3. The summed E-state index contributed by atoms with van der Waals surface area (Å²) in [5.41, 5.74) is -0.246.